The zero-order valence-corrected chi connectivity index (χ0v) is 7.99. The summed E-state index contributed by atoms with van der Waals surface area (Å²) in [6.45, 7) is 0.125. The van der Waals surface area contributed by atoms with Crippen molar-refractivity contribution in [1.29, 1.82) is 0 Å². The third kappa shape index (κ3) is 2.12. The summed E-state index contributed by atoms with van der Waals surface area (Å²) in [7, 11) is 2.74. The first kappa shape index (κ1) is 10.7. The Morgan fingerprint density at radius 3 is 2.64 bits per heavy atom. The molecule has 2 N–H and O–H groups in total. The third-order valence-corrected chi connectivity index (χ3v) is 1.76. The fraction of sp³-hybridized carbons (Fsp3) is 0.333. The molecule has 0 bridgehead atoms. The van der Waals surface area contributed by atoms with Crippen molar-refractivity contribution >= 4 is 0 Å². The lowest BCUT2D eigenvalue weighted by atomic mass is 10.2. The summed E-state index contributed by atoms with van der Waals surface area (Å²) in [6, 6.07) is 2.71. The zero-order valence-electron chi connectivity index (χ0n) is 7.99. The van der Waals surface area contributed by atoms with Gasteiger partial charge < -0.3 is 15.1 Å². The van der Waals surface area contributed by atoms with Crippen LogP contribution in [-0.4, -0.2) is 29.5 Å². The maximum absolute atomic E-state index is 13.2. The lowest BCUT2D eigenvalue weighted by Gasteiger charge is -2.13. The van der Waals surface area contributed by atoms with Crippen LogP contribution >= 0.6 is 0 Å². The Labute approximate surface area is 81.1 Å². The van der Waals surface area contributed by atoms with Crippen LogP contribution < -0.4 is 4.74 Å². The molecule has 0 spiro atoms. The molecule has 78 valence electrons. The van der Waals surface area contributed by atoms with Crippen molar-refractivity contribution in [3.8, 4) is 11.5 Å². The van der Waals surface area contributed by atoms with Crippen molar-refractivity contribution in [3.63, 3.8) is 0 Å². The molecule has 0 radical (unpaired) electrons. The summed E-state index contributed by atoms with van der Waals surface area (Å²) in [5.74, 6) is -1.33. The van der Waals surface area contributed by atoms with E-state index in [2.05, 4.69) is 0 Å². The number of phenolic OH excluding ortho intramolecular Hbond substituents is 1. The Morgan fingerprint density at radius 2 is 2.14 bits per heavy atom. The average molecular weight is 201 g/mol. The molecule has 1 rings (SSSR count). The lowest BCUT2D eigenvalue weighted by molar-refractivity contribution is -0.0736. The summed E-state index contributed by atoms with van der Waals surface area (Å²) in [5, 5.41) is 18.9. The summed E-state index contributed by atoms with van der Waals surface area (Å²) >= 11 is 0. The topological polar surface area (TPSA) is 52.9 Å². The number of phenols is 1. The van der Waals surface area contributed by atoms with Crippen LogP contribution in [0.15, 0.2) is 12.1 Å². The number of nitrogens with zero attached hydrogens (tertiary/aromatic N) is 1. The number of rotatable bonds is 3. The van der Waals surface area contributed by atoms with E-state index in [1.807, 2.05) is 0 Å². The van der Waals surface area contributed by atoms with Gasteiger partial charge in [0, 0.05) is 12.6 Å². The molecule has 0 saturated carbocycles. The van der Waals surface area contributed by atoms with Crippen LogP contribution in [0.25, 0.3) is 0 Å². The Kier molecular flexibility index (Phi) is 3.27. The predicted molar refractivity (Wildman–Crippen MR) is 47.9 cm³/mol. The largest absolute Gasteiger partial charge is 0.505 e. The van der Waals surface area contributed by atoms with E-state index in [0.717, 1.165) is 5.06 Å². The Hall–Kier alpha value is -1.33. The number of hydroxylamine groups is 2. The second kappa shape index (κ2) is 4.26. The van der Waals surface area contributed by atoms with Gasteiger partial charge in [-0.05, 0) is 6.07 Å². The first-order valence-electron chi connectivity index (χ1n) is 4.00. The van der Waals surface area contributed by atoms with Gasteiger partial charge in [0.2, 0.25) is 5.82 Å². The zero-order chi connectivity index (χ0) is 10.7. The van der Waals surface area contributed by atoms with E-state index in [1.165, 1.54) is 26.3 Å². The standard InChI is InChI=1S/C9H12FNO3/c1-11(13)5-6-3-4-7(12)8(10)9(6)14-2/h3-4,12-13H,5H2,1-2H3. The van der Waals surface area contributed by atoms with Gasteiger partial charge in [0.25, 0.3) is 0 Å². The fourth-order valence-corrected chi connectivity index (χ4v) is 1.18. The third-order valence-electron chi connectivity index (χ3n) is 1.76. The molecule has 0 aliphatic rings. The predicted octanol–water partition coefficient (Wildman–Crippen LogP) is 1.36. The molecule has 5 heteroatoms. The Morgan fingerprint density at radius 1 is 1.50 bits per heavy atom. The van der Waals surface area contributed by atoms with Crippen LogP contribution in [0.3, 0.4) is 0 Å². The highest BCUT2D eigenvalue weighted by molar-refractivity contribution is 5.41. The van der Waals surface area contributed by atoms with Gasteiger partial charge in [0.05, 0.1) is 13.7 Å². The Bertz CT molecular complexity index is 328. The number of hydrogen-bond donors (Lipinski definition) is 2. The smallest absolute Gasteiger partial charge is 0.206 e. The summed E-state index contributed by atoms with van der Waals surface area (Å²) in [5.41, 5.74) is 0.466. The molecule has 0 atom stereocenters. The number of halogens is 1. The second-order valence-corrected chi connectivity index (χ2v) is 2.91. The molecule has 0 heterocycles. The molecule has 0 fully saturated rings. The average Bonchev–Trinajstić information content (AvgIpc) is 2.11. The molecule has 14 heavy (non-hydrogen) atoms. The van der Waals surface area contributed by atoms with Crippen molar-refractivity contribution in [2.45, 2.75) is 6.54 Å². The minimum absolute atomic E-state index is 0.0501. The van der Waals surface area contributed by atoms with Gasteiger partial charge in [0.15, 0.2) is 11.5 Å². The van der Waals surface area contributed by atoms with E-state index >= 15 is 0 Å². The van der Waals surface area contributed by atoms with Gasteiger partial charge in [0.1, 0.15) is 0 Å². The van der Waals surface area contributed by atoms with Crippen molar-refractivity contribution in [2.75, 3.05) is 14.2 Å². The van der Waals surface area contributed by atoms with Gasteiger partial charge in [-0.3, -0.25) is 0 Å². The highest BCUT2D eigenvalue weighted by Crippen LogP contribution is 2.29. The molecule has 0 aliphatic carbocycles. The minimum Gasteiger partial charge on any atom is -0.505 e. The Balaban J connectivity index is 3.10. The molecule has 0 aromatic heterocycles. The van der Waals surface area contributed by atoms with Crippen LogP contribution in [-0.2, 0) is 6.54 Å². The van der Waals surface area contributed by atoms with Gasteiger partial charge >= 0.3 is 0 Å². The van der Waals surface area contributed by atoms with Gasteiger partial charge in [-0.2, -0.15) is 9.45 Å². The van der Waals surface area contributed by atoms with E-state index in [0.29, 0.717) is 5.56 Å². The lowest BCUT2D eigenvalue weighted by Crippen LogP contribution is -2.12. The highest BCUT2D eigenvalue weighted by Gasteiger charge is 2.14. The molecule has 0 aliphatic heterocycles. The van der Waals surface area contributed by atoms with Crippen LogP contribution in [0.4, 0.5) is 4.39 Å². The van der Waals surface area contributed by atoms with Crippen LogP contribution in [0.1, 0.15) is 5.56 Å². The number of benzene rings is 1. The molecular formula is C9H12FNO3. The van der Waals surface area contributed by atoms with Crippen molar-refractivity contribution in [3.05, 3.63) is 23.5 Å². The molecule has 0 amide bonds. The number of aromatic hydroxyl groups is 1. The van der Waals surface area contributed by atoms with E-state index in [-0.39, 0.29) is 12.3 Å². The SMILES string of the molecule is COc1c(CN(C)O)ccc(O)c1F. The molecule has 4 nitrogen and oxygen atoms in total. The molecule has 1 aromatic carbocycles. The number of ether oxygens (including phenoxy) is 1. The molecule has 0 unspecified atom stereocenters. The summed E-state index contributed by atoms with van der Waals surface area (Å²) in [6.07, 6.45) is 0. The van der Waals surface area contributed by atoms with E-state index in [4.69, 9.17) is 15.1 Å². The van der Waals surface area contributed by atoms with Gasteiger partial charge in [-0.15, -0.1) is 0 Å². The second-order valence-electron chi connectivity index (χ2n) is 2.91. The van der Waals surface area contributed by atoms with Crippen molar-refractivity contribution < 1.29 is 19.4 Å². The van der Waals surface area contributed by atoms with Crippen LogP contribution in [0.2, 0.25) is 0 Å². The molecule has 0 saturated heterocycles. The van der Waals surface area contributed by atoms with Crippen molar-refractivity contribution in [1.82, 2.24) is 5.06 Å². The minimum atomic E-state index is -0.813. The summed E-state index contributed by atoms with van der Waals surface area (Å²) < 4.78 is 18.0. The molecular weight excluding hydrogens is 189 g/mol. The van der Waals surface area contributed by atoms with Gasteiger partial charge in [-0.1, -0.05) is 6.07 Å². The fourth-order valence-electron chi connectivity index (χ4n) is 1.18. The van der Waals surface area contributed by atoms with Crippen molar-refractivity contribution in [2.24, 2.45) is 0 Å². The van der Waals surface area contributed by atoms with Crippen LogP contribution in [0.5, 0.6) is 11.5 Å². The van der Waals surface area contributed by atoms with E-state index in [1.54, 1.807) is 0 Å². The van der Waals surface area contributed by atoms with Gasteiger partial charge in [-0.25, -0.2) is 0 Å². The first-order valence-corrected chi connectivity index (χ1v) is 4.00. The highest BCUT2D eigenvalue weighted by atomic mass is 19.1. The van der Waals surface area contributed by atoms with Crippen LogP contribution in [0, 0.1) is 5.82 Å². The maximum Gasteiger partial charge on any atom is 0.206 e. The number of hydrogen-bond acceptors (Lipinski definition) is 4. The number of methoxy groups -OCH3 is 1. The summed E-state index contributed by atoms with van der Waals surface area (Å²) in [4.78, 5) is 0. The van der Waals surface area contributed by atoms with E-state index < -0.39 is 11.6 Å². The monoisotopic (exact) mass is 201 g/mol. The maximum atomic E-state index is 13.2. The quantitative estimate of drug-likeness (QED) is 0.725. The molecule has 1 aromatic rings. The van der Waals surface area contributed by atoms with E-state index in [9.17, 15) is 4.39 Å². The first-order chi connectivity index (χ1) is 6.56. The normalized spacial score (nSPS) is 10.6.